The minimum absolute atomic E-state index is 0.274. The Balaban J connectivity index is 2.06. The first kappa shape index (κ1) is 20.0. The number of methoxy groups -OCH3 is 2. The number of nitrogens with two attached hydrogens (primary N) is 2. The lowest BCUT2D eigenvalue weighted by Gasteiger charge is -2.12. The van der Waals surface area contributed by atoms with Gasteiger partial charge in [-0.05, 0) is 35.4 Å². The number of carbonyl (C=O) groups excluding carboxylic acids is 1. The second-order valence-corrected chi connectivity index (χ2v) is 7.90. The van der Waals surface area contributed by atoms with Gasteiger partial charge in [0.15, 0.2) is 11.5 Å². The SMILES string of the molecule is COc1ccc(-c2cc(-c3ccccc3Cl)nc3sc(C(N)=O)c(N)c23)cc1OC. The summed E-state index contributed by atoms with van der Waals surface area (Å²) >= 11 is 7.57. The van der Waals surface area contributed by atoms with E-state index in [9.17, 15) is 4.79 Å². The van der Waals surface area contributed by atoms with Crippen LogP contribution in [0.3, 0.4) is 0 Å². The van der Waals surface area contributed by atoms with Crippen molar-refractivity contribution < 1.29 is 14.3 Å². The van der Waals surface area contributed by atoms with Gasteiger partial charge in [0.2, 0.25) is 0 Å². The van der Waals surface area contributed by atoms with Crippen LogP contribution in [0.1, 0.15) is 9.67 Å². The van der Waals surface area contributed by atoms with E-state index in [-0.39, 0.29) is 4.88 Å². The van der Waals surface area contributed by atoms with Gasteiger partial charge in [0.05, 0.1) is 25.6 Å². The van der Waals surface area contributed by atoms with E-state index in [2.05, 4.69) is 0 Å². The molecule has 4 N–H and O–H groups in total. The maximum Gasteiger partial charge on any atom is 0.260 e. The predicted octanol–water partition coefficient (Wildman–Crippen LogP) is 4.98. The summed E-state index contributed by atoms with van der Waals surface area (Å²) in [6.07, 6.45) is 0. The van der Waals surface area contributed by atoms with Crippen LogP contribution >= 0.6 is 22.9 Å². The molecule has 4 rings (SSSR count). The van der Waals surface area contributed by atoms with Crippen LogP contribution in [0.15, 0.2) is 48.5 Å². The van der Waals surface area contributed by atoms with Gasteiger partial charge in [-0.25, -0.2) is 4.98 Å². The highest BCUT2D eigenvalue weighted by molar-refractivity contribution is 7.21. The highest BCUT2D eigenvalue weighted by Crippen LogP contribution is 2.43. The highest BCUT2D eigenvalue weighted by atomic mass is 35.5. The molecule has 8 heteroatoms. The fourth-order valence-corrected chi connectivity index (χ4v) is 4.55. The van der Waals surface area contributed by atoms with Crippen molar-refractivity contribution in [2.45, 2.75) is 0 Å². The highest BCUT2D eigenvalue weighted by Gasteiger charge is 2.21. The molecule has 0 radical (unpaired) electrons. The molecule has 2 heterocycles. The zero-order valence-corrected chi connectivity index (χ0v) is 17.8. The van der Waals surface area contributed by atoms with Crippen LogP contribution in [0, 0.1) is 0 Å². The number of hydrogen-bond acceptors (Lipinski definition) is 6. The van der Waals surface area contributed by atoms with Crippen molar-refractivity contribution in [2.75, 3.05) is 20.0 Å². The molecule has 6 nitrogen and oxygen atoms in total. The van der Waals surface area contributed by atoms with E-state index in [1.807, 2.05) is 42.5 Å². The van der Waals surface area contributed by atoms with E-state index in [1.54, 1.807) is 20.3 Å². The molecule has 0 unspecified atom stereocenters. The Morgan fingerprint density at radius 3 is 2.43 bits per heavy atom. The number of primary amides is 1. The molecule has 4 aromatic rings. The number of nitrogens with zero attached hydrogens (tertiary/aromatic N) is 1. The molecule has 0 spiro atoms. The quantitative estimate of drug-likeness (QED) is 0.456. The average Bonchev–Trinajstić information content (AvgIpc) is 3.09. The molecular weight excluding hydrogens is 422 g/mol. The number of benzene rings is 2. The first-order valence-corrected chi connectivity index (χ1v) is 10.1. The lowest BCUT2D eigenvalue weighted by atomic mass is 9.99. The van der Waals surface area contributed by atoms with Crippen molar-refractivity contribution in [3.63, 3.8) is 0 Å². The molecule has 0 fully saturated rings. The largest absolute Gasteiger partial charge is 0.493 e. The number of anilines is 1. The van der Waals surface area contributed by atoms with Crippen molar-refractivity contribution >= 4 is 44.7 Å². The molecule has 2 aromatic heterocycles. The van der Waals surface area contributed by atoms with Crippen molar-refractivity contribution in [1.82, 2.24) is 4.98 Å². The van der Waals surface area contributed by atoms with E-state index >= 15 is 0 Å². The molecule has 0 aliphatic carbocycles. The number of amides is 1. The predicted molar refractivity (Wildman–Crippen MR) is 122 cm³/mol. The number of halogens is 1. The molecule has 0 bridgehead atoms. The summed E-state index contributed by atoms with van der Waals surface area (Å²) in [5.41, 5.74) is 15.2. The van der Waals surface area contributed by atoms with Gasteiger partial charge in [-0.15, -0.1) is 11.3 Å². The number of aromatic nitrogens is 1. The second kappa shape index (κ2) is 7.85. The fraction of sp³-hybridized carbons (Fsp3) is 0.0909. The van der Waals surface area contributed by atoms with Crippen LogP contribution < -0.4 is 20.9 Å². The van der Waals surface area contributed by atoms with Gasteiger partial charge in [-0.1, -0.05) is 35.9 Å². The third kappa shape index (κ3) is 3.32. The van der Waals surface area contributed by atoms with E-state index in [0.29, 0.717) is 38.1 Å². The van der Waals surface area contributed by atoms with E-state index in [1.165, 1.54) is 0 Å². The van der Waals surface area contributed by atoms with Crippen molar-refractivity contribution in [1.29, 1.82) is 0 Å². The van der Waals surface area contributed by atoms with Crippen LogP contribution in [0.25, 0.3) is 32.6 Å². The van der Waals surface area contributed by atoms with Gasteiger partial charge in [0.25, 0.3) is 5.91 Å². The van der Waals surface area contributed by atoms with Crippen LogP contribution in [0.5, 0.6) is 11.5 Å². The standard InChI is InChI=1S/C22H18ClN3O3S/c1-28-16-8-7-11(9-17(16)29-2)13-10-15(12-5-3-4-6-14(12)23)26-22-18(13)19(24)20(30-22)21(25)27/h3-10H,24H2,1-2H3,(H2,25,27). The Morgan fingerprint density at radius 1 is 1.03 bits per heavy atom. The summed E-state index contributed by atoms with van der Waals surface area (Å²) in [4.78, 5) is 17.5. The van der Waals surface area contributed by atoms with Crippen LogP contribution in [0.4, 0.5) is 5.69 Å². The Hall–Kier alpha value is -3.29. The number of carbonyl (C=O) groups is 1. The van der Waals surface area contributed by atoms with Gasteiger partial charge in [0.1, 0.15) is 9.71 Å². The molecule has 0 aliphatic heterocycles. The Labute approximate surface area is 182 Å². The number of nitrogen functional groups attached to an aromatic ring is 1. The second-order valence-electron chi connectivity index (χ2n) is 6.49. The van der Waals surface area contributed by atoms with Crippen LogP contribution in [0.2, 0.25) is 5.02 Å². The maximum atomic E-state index is 11.9. The van der Waals surface area contributed by atoms with E-state index in [0.717, 1.165) is 28.0 Å². The maximum absolute atomic E-state index is 11.9. The minimum Gasteiger partial charge on any atom is -0.493 e. The number of thiophene rings is 1. The number of rotatable bonds is 5. The summed E-state index contributed by atoms with van der Waals surface area (Å²) in [5.74, 6) is 0.588. The lowest BCUT2D eigenvalue weighted by molar-refractivity contribution is 0.100. The molecule has 0 atom stereocenters. The van der Waals surface area contributed by atoms with Crippen molar-refractivity contribution in [3.05, 3.63) is 58.4 Å². The van der Waals surface area contributed by atoms with Gasteiger partial charge >= 0.3 is 0 Å². The molecular formula is C22H18ClN3O3S. The summed E-state index contributed by atoms with van der Waals surface area (Å²) in [5, 5.41) is 1.24. The molecule has 0 saturated heterocycles. The van der Waals surface area contributed by atoms with E-state index < -0.39 is 5.91 Å². The van der Waals surface area contributed by atoms with E-state index in [4.69, 9.17) is 37.5 Å². The minimum atomic E-state index is -0.590. The fourth-order valence-electron chi connectivity index (χ4n) is 3.34. The molecule has 0 saturated carbocycles. The third-order valence-electron chi connectivity index (χ3n) is 4.77. The third-order valence-corrected chi connectivity index (χ3v) is 6.21. The monoisotopic (exact) mass is 439 g/mol. The van der Waals surface area contributed by atoms with Crippen molar-refractivity contribution in [3.8, 4) is 33.9 Å². The summed E-state index contributed by atoms with van der Waals surface area (Å²) < 4.78 is 10.8. The summed E-state index contributed by atoms with van der Waals surface area (Å²) in [7, 11) is 3.15. The number of fused-ring (bicyclic) bond motifs is 1. The van der Waals surface area contributed by atoms with Gasteiger partial charge in [-0.3, -0.25) is 4.79 Å². The average molecular weight is 440 g/mol. The molecule has 0 aliphatic rings. The summed E-state index contributed by atoms with van der Waals surface area (Å²) in [6, 6.07) is 14.9. The van der Waals surface area contributed by atoms with Crippen molar-refractivity contribution in [2.24, 2.45) is 5.73 Å². The number of hydrogen-bond donors (Lipinski definition) is 2. The smallest absolute Gasteiger partial charge is 0.260 e. The zero-order valence-electron chi connectivity index (χ0n) is 16.2. The topological polar surface area (TPSA) is 100 Å². The van der Waals surface area contributed by atoms with Gasteiger partial charge < -0.3 is 20.9 Å². The lowest BCUT2D eigenvalue weighted by Crippen LogP contribution is -2.10. The first-order valence-electron chi connectivity index (χ1n) is 8.94. The van der Waals surface area contributed by atoms with Crippen LogP contribution in [-0.2, 0) is 0 Å². The molecule has 30 heavy (non-hydrogen) atoms. The molecule has 1 amide bonds. The van der Waals surface area contributed by atoms with Gasteiger partial charge in [-0.2, -0.15) is 0 Å². The zero-order chi connectivity index (χ0) is 21.4. The summed E-state index contributed by atoms with van der Waals surface area (Å²) in [6.45, 7) is 0. The Kier molecular flexibility index (Phi) is 5.24. The Morgan fingerprint density at radius 2 is 1.77 bits per heavy atom. The number of pyridine rings is 1. The molecule has 2 aromatic carbocycles. The Bertz CT molecular complexity index is 1290. The first-order chi connectivity index (χ1) is 14.4. The normalized spacial score (nSPS) is 10.9. The van der Waals surface area contributed by atoms with Gasteiger partial charge in [0, 0.05) is 16.0 Å². The number of ether oxygens (including phenoxy) is 2. The molecule has 152 valence electrons. The van der Waals surface area contributed by atoms with Crippen LogP contribution in [-0.4, -0.2) is 25.1 Å².